The highest BCUT2D eigenvalue weighted by Gasteiger charge is 2.18. The zero-order valence-electron chi connectivity index (χ0n) is 17.0. The molecule has 9 nitrogen and oxygen atoms in total. The first-order valence-corrected chi connectivity index (χ1v) is 9.96. The van der Waals surface area contributed by atoms with Crippen LogP contribution in [0.2, 0.25) is 0 Å². The molecule has 0 atom stereocenters. The van der Waals surface area contributed by atoms with Crippen LogP contribution in [-0.2, 0) is 6.54 Å². The van der Waals surface area contributed by atoms with Gasteiger partial charge >= 0.3 is 0 Å². The second-order valence-corrected chi connectivity index (χ2v) is 6.84. The van der Waals surface area contributed by atoms with Crippen molar-refractivity contribution in [1.29, 1.82) is 0 Å². The van der Waals surface area contributed by atoms with E-state index in [0.29, 0.717) is 42.3 Å². The Kier molecular flexibility index (Phi) is 6.78. The molecule has 0 radical (unpaired) electrons. The lowest BCUT2D eigenvalue weighted by molar-refractivity contribution is 0.293. The molecule has 3 heterocycles. The van der Waals surface area contributed by atoms with Gasteiger partial charge in [0.05, 0.1) is 25.0 Å². The van der Waals surface area contributed by atoms with E-state index in [2.05, 4.69) is 30.9 Å². The van der Waals surface area contributed by atoms with Gasteiger partial charge < -0.3 is 20.3 Å². The van der Waals surface area contributed by atoms with Crippen LogP contribution in [0, 0.1) is 11.6 Å². The lowest BCUT2D eigenvalue weighted by Crippen LogP contribution is -2.25. The second kappa shape index (κ2) is 10.1. The number of halogens is 2. The van der Waals surface area contributed by atoms with Crippen molar-refractivity contribution in [3.8, 4) is 22.9 Å². The van der Waals surface area contributed by atoms with E-state index in [1.165, 1.54) is 12.3 Å². The van der Waals surface area contributed by atoms with Gasteiger partial charge in [0.25, 0.3) is 0 Å². The Morgan fingerprint density at radius 1 is 1.03 bits per heavy atom. The van der Waals surface area contributed by atoms with Gasteiger partial charge in [-0.05, 0) is 12.1 Å². The molecule has 0 amide bonds. The molecule has 0 unspecified atom stereocenters. The predicted octanol–water partition coefficient (Wildman–Crippen LogP) is 2.32. The van der Waals surface area contributed by atoms with E-state index in [4.69, 9.17) is 9.63 Å². The highest BCUT2D eigenvalue weighted by molar-refractivity contribution is 5.63. The van der Waals surface area contributed by atoms with Crippen LogP contribution >= 0.6 is 0 Å². The van der Waals surface area contributed by atoms with E-state index in [-0.39, 0.29) is 30.6 Å². The summed E-state index contributed by atoms with van der Waals surface area (Å²) in [6.07, 6.45) is 2.49. The number of aromatic nitrogens is 5. The molecule has 0 spiro atoms. The monoisotopic (exact) mass is 441 g/mol. The fraction of sp³-hybridized carbons (Fsp3) is 0.238. The second-order valence-electron chi connectivity index (χ2n) is 6.84. The zero-order chi connectivity index (χ0) is 22.3. The SMILES string of the molecule is OCCNCCNc1nc(-c2cc(-c3ccon3)n(Cc3ccccc3F)n2)ncc1F. The van der Waals surface area contributed by atoms with Crippen molar-refractivity contribution in [3.63, 3.8) is 0 Å². The Balaban J connectivity index is 1.62. The molecule has 3 N–H and O–H groups in total. The summed E-state index contributed by atoms with van der Waals surface area (Å²) < 4.78 is 34.9. The van der Waals surface area contributed by atoms with Crippen LogP contribution in [0.5, 0.6) is 0 Å². The molecule has 0 bridgehead atoms. The quantitative estimate of drug-likeness (QED) is 0.321. The minimum atomic E-state index is -0.599. The van der Waals surface area contributed by atoms with Crippen LogP contribution < -0.4 is 10.6 Å². The summed E-state index contributed by atoms with van der Waals surface area (Å²) in [5, 5.41) is 23.1. The third-order valence-corrected chi connectivity index (χ3v) is 4.61. The summed E-state index contributed by atoms with van der Waals surface area (Å²) in [5.74, 6) is -0.713. The molecule has 0 aliphatic carbocycles. The van der Waals surface area contributed by atoms with Crippen molar-refractivity contribution >= 4 is 5.82 Å². The third-order valence-electron chi connectivity index (χ3n) is 4.61. The van der Waals surface area contributed by atoms with Crippen LogP contribution in [0.4, 0.5) is 14.6 Å². The largest absolute Gasteiger partial charge is 0.395 e. The van der Waals surface area contributed by atoms with E-state index in [9.17, 15) is 8.78 Å². The van der Waals surface area contributed by atoms with Gasteiger partial charge in [-0.2, -0.15) is 5.10 Å². The van der Waals surface area contributed by atoms with Gasteiger partial charge in [-0.25, -0.2) is 18.7 Å². The van der Waals surface area contributed by atoms with Crippen LogP contribution in [0.3, 0.4) is 0 Å². The third kappa shape index (κ3) is 4.95. The van der Waals surface area contributed by atoms with Crippen LogP contribution in [0.25, 0.3) is 22.9 Å². The number of hydrogen-bond acceptors (Lipinski definition) is 8. The molecule has 0 aliphatic heterocycles. The Labute approximate surface area is 182 Å². The molecule has 11 heteroatoms. The number of nitrogens with one attached hydrogen (secondary N) is 2. The van der Waals surface area contributed by atoms with E-state index < -0.39 is 5.82 Å². The van der Waals surface area contributed by atoms with Gasteiger partial charge in [0, 0.05) is 31.3 Å². The number of nitrogens with zero attached hydrogens (tertiary/aromatic N) is 5. The van der Waals surface area contributed by atoms with Crippen LogP contribution in [0.1, 0.15) is 5.56 Å². The zero-order valence-corrected chi connectivity index (χ0v) is 17.0. The normalized spacial score (nSPS) is 11.1. The predicted molar refractivity (Wildman–Crippen MR) is 113 cm³/mol. The van der Waals surface area contributed by atoms with E-state index in [1.807, 2.05) is 0 Å². The molecule has 1 aromatic carbocycles. The van der Waals surface area contributed by atoms with Gasteiger partial charge in [-0.1, -0.05) is 23.4 Å². The van der Waals surface area contributed by atoms with Gasteiger partial charge in [-0.3, -0.25) is 4.68 Å². The summed E-state index contributed by atoms with van der Waals surface area (Å²) in [6.45, 7) is 1.54. The molecule has 0 saturated carbocycles. The number of aliphatic hydroxyl groups is 1. The fourth-order valence-electron chi connectivity index (χ4n) is 3.07. The molecule has 0 saturated heterocycles. The number of aliphatic hydroxyl groups excluding tert-OH is 1. The van der Waals surface area contributed by atoms with E-state index in [0.717, 1.165) is 6.20 Å². The molecule has 166 valence electrons. The van der Waals surface area contributed by atoms with Gasteiger partial charge in [0.15, 0.2) is 17.5 Å². The molecule has 0 fully saturated rings. The topological polar surface area (TPSA) is 114 Å². The van der Waals surface area contributed by atoms with Crippen LogP contribution in [-0.4, -0.2) is 56.3 Å². The molecule has 3 aromatic heterocycles. The minimum Gasteiger partial charge on any atom is -0.395 e. The fourth-order valence-corrected chi connectivity index (χ4v) is 3.07. The first-order chi connectivity index (χ1) is 15.7. The maximum absolute atomic E-state index is 14.2. The molecule has 0 aliphatic rings. The maximum atomic E-state index is 14.2. The number of rotatable bonds is 10. The summed E-state index contributed by atoms with van der Waals surface area (Å²) in [4.78, 5) is 8.31. The summed E-state index contributed by atoms with van der Waals surface area (Å²) in [7, 11) is 0. The summed E-state index contributed by atoms with van der Waals surface area (Å²) in [6, 6.07) is 9.77. The molecule has 32 heavy (non-hydrogen) atoms. The van der Waals surface area contributed by atoms with Crippen molar-refractivity contribution < 1.29 is 18.4 Å². The molecule has 4 rings (SSSR count). The minimum absolute atomic E-state index is 0.0232. The smallest absolute Gasteiger partial charge is 0.183 e. The summed E-state index contributed by atoms with van der Waals surface area (Å²) in [5.41, 5.74) is 1.91. The standard InChI is InChI=1S/C21H21F2N7O2/c22-15-4-2-1-3-14(15)13-30-19(17-5-10-32-29-17)11-18(28-30)21-26-12-16(23)20(27-21)25-7-6-24-8-9-31/h1-5,10-12,24,31H,6-9,13H2,(H,25,26,27). The molecular formula is C21H21F2N7O2. The van der Waals surface area contributed by atoms with Gasteiger partial charge in [0.1, 0.15) is 23.5 Å². The Morgan fingerprint density at radius 3 is 2.69 bits per heavy atom. The first kappa shape index (κ1) is 21.5. The van der Waals surface area contributed by atoms with Crippen molar-refractivity contribution in [2.24, 2.45) is 0 Å². The highest BCUT2D eigenvalue weighted by atomic mass is 19.1. The van der Waals surface area contributed by atoms with Crippen LogP contribution in [0.15, 0.2) is 53.4 Å². The van der Waals surface area contributed by atoms with Crippen molar-refractivity contribution in [2.75, 3.05) is 31.6 Å². The Morgan fingerprint density at radius 2 is 1.91 bits per heavy atom. The number of anilines is 1. The maximum Gasteiger partial charge on any atom is 0.183 e. The Hall–Kier alpha value is -3.70. The number of hydrogen-bond donors (Lipinski definition) is 3. The molecule has 4 aromatic rings. The summed E-state index contributed by atoms with van der Waals surface area (Å²) >= 11 is 0. The Bertz CT molecular complexity index is 1160. The average Bonchev–Trinajstić information content (AvgIpc) is 3.46. The molecular weight excluding hydrogens is 420 g/mol. The lowest BCUT2D eigenvalue weighted by atomic mass is 10.2. The first-order valence-electron chi connectivity index (χ1n) is 9.96. The lowest BCUT2D eigenvalue weighted by Gasteiger charge is -2.08. The van der Waals surface area contributed by atoms with E-state index in [1.54, 1.807) is 35.0 Å². The number of benzene rings is 1. The van der Waals surface area contributed by atoms with Crippen molar-refractivity contribution in [2.45, 2.75) is 6.54 Å². The highest BCUT2D eigenvalue weighted by Crippen LogP contribution is 2.25. The van der Waals surface area contributed by atoms with Gasteiger partial charge in [-0.15, -0.1) is 0 Å². The van der Waals surface area contributed by atoms with Gasteiger partial charge in [0.2, 0.25) is 0 Å². The van der Waals surface area contributed by atoms with Crippen molar-refractivity contribution in [1.82, 2.24) is 30.2 Å². The van der Waals surface area contributed by atoms with Crippen molar-refractivity contribution in [3.05, 3.63) is 66.1 Å². The van der Waals surface area contributed by atoms with E-state index >= 15 is 0 Å². The average molecular weight is 441 g/mol.